The largest absolute Gasteiger partial charge is 0.492 e. The van der Waals surface area contributed by atoms with Crippen LogP contribution in [0.2, 0.25) is 5.02 Å². The average molecular weight is 551 g/mol. The fraction of sp³-hybridized carbons (Fsp3) is 0.345. The SMILES string of the molecule is Cc1cc(C)cc(-c2c(OCCC3CCCCN3)c3cc(C(=O)Nc4cc(C)ns4)c(Cl)cc3[nH]c2=O)c1. The molecule has 0 radical (unpaired) electrons. The Morgan fingerprint density at radius 3 is 2.61 bits per heavy atom. The highest BCUT2D eigenvalue weighted by Crippen LogP contribution is 2.37. The topological polar surface area (TPSA) is 96.1 Å². The van der Waals surface area contributed by atoms with Crippen LogP contribution in [0.5, 0.6) is 5.75 Å². The van der Waals surface area contributed by atoms with Crippen LogP contribution in [0.15, 0.2) is 41.2 Å². The zero-order valence-electron chi connectivity index (χ0n) is 21.7. The first-order valence-electron chi connectivity index (χ1n) is 12.9. The van der Waals surface area contributed by atoms with Gasteiger partial charge in [-0.15, -0.1) is 0 Å². The molecule has 0 spiro atoms. The van der Waals surface area contributed by atoms with Gasteiger partial charge in [0.05, 0.1) is 34.0 Å². The Hall–Kier alpha value is -3.20. The number of fused-ring (bicyclic) bond motifs is 1. The molecule has 0 saturated carbocycles. The number of ether oxygens (including phenoxy) is 1. The second-order valence-corrected chi connectivity index (χ2v) is 11.2. The van der Waals surface area contributed by atoms with E-state index < -0.39 is 0 Å². The summed E-state index contributed by atoms with van der Waals surface area (Å²) in [5.41, 5.74) is 4.70. The Labute approximate surface area is 230 Å². The first-order valence-corrected chi connectivity index (χ1v) is 14.0. The number of nitrogens with one attached hydrogen (secondary N) is 3. The Kier molecular flexibility index (Phi) is 7.83. The molecule has 2 aromatic carbocycles. The van der Waals surface area contributed by atoms with Crippen LogP contribution in [0.4, 0.5) is 5.00 Å². The van der Waals surface area contributed by atoms with E-state index in [4.69, 9.17) is 16.3 Å². The van der Waals surface area contributed by atoms with Crippen molar-refractivity contribution in [1.29, 1.82) is 0 Å². The molecule has 5 rings (SSSR count). The van der Waals surface area contributed by atoms with Crippen molar-refractivity contribution in [1.82, 2.24) is 14.7 Å². The minimum Gasteiger partial charge on any atom is -0.492 e. The number of hydrogen-bond donors (Lipinski definition) is 3. The van der Waals surface area contributed by atoms with Gasteiger partial charge < -0.3 is 20.4 Å². The van der Waals surface area contributed by atoms with E-state index in [0.29, 0.717) is 45.4 Å². The summed E-state index contributed by atoms with van der Waals surface area (Å²) in [6.07, 6.45) is 4.34. The predicted molar refractivity (Wildman–Crippen MR) is 155 cm³/mol. The lowest BCUT2D eigenvalue weighted by Crippen LogP contribution is -2.35. The molecule has 0 aliphatic carbocycles. The van der Waals surface area contributed by atoms with Crippen molar-refractivity contribution < 1.29 is 9.53 Å². The third-order valence-electron chi connectivity index (χ3n) is 6.80. The van der Waals surface area contributed by atoms with E-state index in [0.717, 1.165) is 41.8 Å². The third kappa shape index (κ3) is 5.77. The summed E-state index contributed by atoms with van der Waals surface area (Å²) in [6.45, 7) is 7.34. The minimum atomic E-state index is -0.350. The fourth-order valence-electron chi connectivity index (χ4n) is 5.07. The first-order chi connectivity index (χ1) is 18.3. The van der Waals surface area contributed by atoms with Gasteiger partial charge in [-0.25, -0.2) is 0 Å². The lowest BCUT2D eigenvalue weighted by Gasteiger charge is -2.24. The number of rotatable bonds is 7. The van der Waals surface area contributed by atoms with Crippen LogP contribution in [0, 0.1) is 20.8 Å². The molecule has 9 heteroatoms. The molecule has 1 aliphatic heterocycles. The molecule has 3 N–H and O–H groups in total. The highest BCUT2D eigenvalue weighted by Gasteiger charge is 2.22. The van der Waals surface area contributed by atoms with Crippen molar-refractivity contribution in [2.24, 2.45) is 0 Å². The number of aromatic amines is 1. The lowest BCUT2D eigenvalue weighted by atomic mass is 9.98. The Morgan fingerprint density at radius 2 is 1.92 bits per heavy atom. The van der Waals surface area contributed by atoms with Gasteiger partial charge in [0.25, 0.3) is 11.5 Å². The highest BCUT2D eigenvalue weighted by atomic mass is 35.5. The van der Waals surface area contributed by atoms with Gasteiger partial charge in [-0.2, -0.15) is 4.37 Å². The van der Waals surface area contributed by atoms with Gasteiger partial charge in [0.2, 0.25) is 0 Å². The van der Waals surface area contributed by atoms with Gasteiger partial charge >= 0.3 is 0 Å². The smallest absolute Gasteiger partial charge is 0.260 e. The van der Waals surface area contributed by atoms with Crippen molar-refractivity contribution in [2.75, 3.05) is 18.5 Å². The minimum absolute atomic E-state index is 0.239. The molecule has 198 valence electrons. The highest BCUT2D eigenvalue weighted by molar-refractivity contribution is 7.10. The number of aromatic nitrogens is 2. The molecule has 2 aromatic heterocycles. The maximum absolute atomic E-state index is 13.4. The van der Waals surface area contributed by atoms with E-state index in [1.165, 1.54) is 24.4 Å². The van der Waals surface area contributed by atoms with Crippen LogP contribution in [-0.4, -0.2) is 34.5 Å². The molecule has 1 aliphatic rings. The quantitative estimate of drug-likeness (QED) is 0.248. The van der Waals surface area contributed by atoms with Crippen molar-refractivity contribution in [3.63, 3.8) is 0 Å². The number of carbonyl (C=O) groups is 1. The van der Waals surface area contributed by atoms with E-state index in [-0.39, 0.29) is 16.5 Å². The number of pyridine rings is 1. The number of anilines is 1. The van der Waals surface area contributed by atoms with Crippen molar-refractivity contribution in [3.8, 4) is 16.9 Å². The summed E-state index contributed by atoms with van der Waals surface area (Å²) in [7, 11) is 0. The normalized spacial score (nSPS) is 15.5. The molecule has 4 aromatic rings. The summed E-state index contributed by atoms with van der Waals surface area (Å²) < 4.78 is 10.6. The zero-order chi connectivity index (χ0) is 26.8. The number of piperidine rings is 1. The standard InChI is InChI=1S/C29H31ClN4O3S/c1-16-10-17(2)12-19(11-16)26-27(37-9-7-20-6-4-5-8-31-20)22-14-21(23(30)15-24(22)32-29(26)36)28(35)33-25-13-18(3)34-38-25/h10-15,20,31H,4-9H2,1-3H3,(H,32,36)(H,33,35). The molecule has 7 nitrogen and oxygen atoms in total. The number of halogens is 1. The van der Waals surface area contributed by atoms with Crippen molar-refractivity contribution in [3.05, 3.63) is 74.2 Å². The Morgan fingerprint density at radius 1 is 1.13 bits per heavy atom. The number of hydrogen-bond acceptors (Lipinski definition) is 6. The van der Waals surface area contributed by atoms with Crippen LogP contribution in [0.3, 0.4) is 0 Å². The van der Waals surface area contributed by atoms with Gasteiger partial charge in [0, 0.05) is 11.4 Å². The molecular formula is C29H31ClN4O3S. The van der Waals surface area contributed by atoms with Crippen LogP contribution in [-0.2, 0) is 0 Å². The number of amides is 1. The molecule has 1 atom stereocenters. The molecule has 1 fully saturated rings. The summed E-state index contributed by atoms with van der Waals surface area (Å²) in [6, 6.07) is 11.5. The van der Waals surface area contributed by atoms with E-state index in [2.05, 4.69) is 26.1 Å². The first kappa shape index (κ1) is 26.4. The summed E-state index contributed by atoms with van der Waals surface area (Å²) in [5.74, 6) is 0.112. The predicted octanol–water partition coefficient (Wildman–Crippen LogP) is 6.39. The van der Waals surface area contributed by atoms with E-state index in [9.17, 15) is 9.59 Å². The maximum atomic E-state index is 13.4. The van der Waals surface area contributed by atoms with Crippen LogP contribution in [0.25, 0.3) is 22.0 Å². The zero-order valence-corrected chi connectivity index (χ0v) is 23.3. The number of carbonyl (C=O) groups excluding carboxylic acids is 1. The van der Waals surface area contributed by atoms with E-state index in [1.807, 2.05) is 32.9 Å². The molecule has 1 amide bonds. The summed E-state index contributed by atoms with van der Waals surface area (Å²) in [5, 5.41) is 7.93. The number of H-pyrrole nitrogens is 1. The summed E-state index contributed by atoms with van der Waals surface area (Å²) >= 11 is 7.75. The molecule has 3 heterocycles. The number of benzene rings is 2. The lowest BCUT2D eigenvalue weighted by molar-refractivity contribution is 0.102. The third-order valence-corrected chi connectivity index (χ3v) is 7.91. The van der Waals surface area contributed by atoms with Crippen LogP contribution in [0.1, 0.15) is 52.9 Å². The van der Waals surface area contributed by atoms with Gasteiger partial charge in [-0.05, 0) is 81.9 Å². The average Bonchev–Trinajstić information content (AvgIpc) is 3.27. The number of nitrogens with zero attached hydrogens (tertiary/aromatic N) is 1. The van der Waals surface area contributed by atoms with Gasteiger partial charge in [-0.1, -0.05) is 47.3 Å². The van der Waals surface area contributed by atoms with Crippen molar-refractivity contribution >= 4 is 44.9 Å². The molecule has 1 saturated heterocycles. The number of aryl methyl sites for hydroxylation is 3. The van der Waals surface area contributed by atoms with Crippen LogP contribution >= 0.6 is 23.1 Å². The Bertz CT molecular complexity index is 1540. The van der Waals surface area contributed by atoms with Gasteiger partial charge in [0.15, 0.2) is 0 Å². The summed E-state index contributed by atoms with van der Waals surface area (Å²) in [4.78, 5) is 29.6. The van der Waals surface area contributed by atoms with E-state index in [1.54, 1.807) is 18.2 Å². The molecule has 38 heavy (non-hydrogen) atoms. The molecule has 0 bridgehead atoms. The second-order valence-electron chi connectivity index (χ2n) is 9.98. The second kappa shape index (κ2) is 11.3. The van der Waals surface area contributed by atoms with Gasteiger partial charge in [-0.3, -0.25) is 9.59 Å². The monoisotopic (exact) mass is 550 g/mol. The molecular weight excluding hydrogens is 520 g/mol. The fourth-order valence-corrected chi connectivity index (χ4v) is 5.97. The Balaban J connectivity index is 1.60. The van der Waals surface area contributed by atoms with Crippen LogP contribution < -0.4 is 20.9 Å². The van der Waals surface area contributed by atoms with Crippen molar-refractivity contribution in [2.45, 2.75) is 52.5 Å². The molecule has 1 unspecified atom stereocenters. The maximum Gasteiger partial charge on any atom is 0.260 e. The van der Waals surface area contributed by atoms with Gasteiger partial charge in [0.1, 0.15) is 10.8 Å². The van der Waals surface area contributed by atoms with E-state index >= 15 is 0 Å².